The molecule has 538 valence electrons. The summed E-state index contributed by atoms with van der Waals surface area (Å²) in [6.07, 6.45) is 90.1. The fourth-order valence-corrected chi connectivity index (χ4v) is 13.1. The van der Waals surface area contributed by atoms with Gasteiger partial charge in [-0.25, -0.2) is 0 Å². The van der Waals surface area contributed by atoms with Crippen molar-refractivity contribution in [3.63, 3.8) is 0 Å². The van der Waals surface area contributed by atoms with E-state index in [1.807, 2.05) is 33.3 Å². The van der Waals surface area contributed by atoms with Gasteiger partial charge >= 0.3 is 5.97 Å². The summed E-state index contributed by atoms with van der Waals surface area (Å²) in [5.41, 5.74) is 0. The highest BCUT2D eigenvalue weighted by atomic mass is 31.2. The predicted molar refractivity (Wildman–Crippen MR) is 395 cm³/mol. The molecule has 1 N–H and O–H groups in total. The Bertz CT molecular complexity index is 1650. The van der Waals surface area contributed by atoms with E-state index in [0.717, 1.165) is 64.2 Å². The second-order valence-electron chi connectivity index (χ2n) is 28.9. The molecule has 0 aromatic carbocycles. The molecule has 0 bridgehead atoms. The topological polar surface area (TPSA) is 114 Å². The van der Waals surface area contributed by atoms with Crippen LogP contribution < -0.4 is 10.2 Å². The molecule has 0 aliphatic heterocycles. The van der Waals surface area contributed by atoms with Gasteiger partial charge in [-0.2, -0.15) is 0 Å². The maximum atomic E-state index is 13.7. The highest BCUT2D eigenvalue weighted by Gasteiger charge is 2.27. The van der Waals surface area contributed by atoms with Crippen molar-refractivity contribution in [2.75, 3.05) is 40.9 Å². The highest BCUT2D eigenvalue weighted by molar-refractivity contribution is 7.45. The number of carbonyl (C=O) groups is 2. The van der Waals surface area contributed by atoms with E-state index in [-0.39, 0.29) is 31.5 Å². The Morgan fingerprint density at radius 3 is 1.01 bits per heavy atom. The summed E-state index contributed by atoms with van der Waals surface area (Å²) in [6, 6.07) is -0.886. The lowest BCUT2D eigenvalue weighted by Crippen LogP contribution is -2.47. The van der Waals surface area contributed by atoms with E-state index in [2.05, 4.69) is 50.4 Å². The van der Waals surface area contributed by atoms with Gasteiger partial charge in [0.2, 0.25) is 5.91 Å². The Morgan fingerprint density at radius 2 is 0.670 bits per heavy atom. The molecule has 9 nitrogen and oxygen atoms in total. The van der Waals surface area contributed by atoms with Crippen LogP contribution in [0.25, 0.3) is 0 Å². The van der Waals surface area contributed by atoms with Crippen LogP contribution in [0.15, 0.2) is 36.5 Å². The van der Waals surface area contributed by atoms with Crippen LogP contribution in [-0.4, -0.2) is 69.4 Å². The van der Waals surface area contributed by atoms with Crippen LogP contribution in [0.3, 0.4) is 0 Å². The minimum absolute atomic E-state index is 0.0186. The van der Waals surface area contributed by atoms with Gasteiger partial charge in [0.25, 0.3) is 7.82 Å². The number of likely N-dealkylation sites (N-methyl/N-ethyl adjacent to an activating group) is 1. The molecule has 0 fully saturated rings. The van der Waals surface area contributed by atoms with E-state index in [1.165, 1.54) is 321 Å². The fraction of sp³-hybridized carbons (Fsp3) is 0.901. The molecule has 0 saturated carbocycles. The molecule has 10 heteroatoms. The Balaban J connectivity index is 4.91. The lowest BCUT2D eigenvalue weighted by Gasteiger charge is -2.30. The van der Waals surface area contributed by atoms with Crippen molar-refractivity contribution in [1.82, 2.24) is 5.32 Å². The van der Waals surface area contributed by atoms with Gasteiger partial charge in [0.05, 0.1) is 33.8 Å². The number of hydrogen-bond donors (Lipinski definition) is 1. The van der Waals surface area contributed by atoms with Gasteiger partial charge in [0.1, 0.15) is 19.3 Å². The lowest BCUT2D eigenvalue weighted by molar-refractivity contribution is -0.870. The van der Waals surface area contributed by atoms with Crippen molar-refractivity contribution in [2.45, 2.75) is 431 Å². The molecular formula is C81H157N2O7P. The zero-order chi connectivity index (χ0) is 66.3. The SMILES string of the molecule is CCCCC/C=C\C/C=C\CCCCCCCCCCCCCCCCCC(=O)NC(COP(=O)([O-])OCC[N+](C)(C)C)C(/C=C/CCCCCCCCCCCCC)OC(=O)CCCCCCCCCCCCCCCCCCCCCCCCCCCCC. The van der Waals surface area contributed by atoms with E-state index >= 15 is 0 Å². The molecular weight excluding hydrogens is 1140 g/mol. The van der Waals surface area contributed by atoms with Gasteiger partial charge in [0.15, 0.2) is 0 Å². The van der Waals surface area contributed by atoms with Crippen LogP contribution in [0.2, 0.25) is 0 Å². The number of esters is 1. The van der Waals surface area contributed by atoms with Gasteiger partial charge < -0.3 is 28.5 Å². The van der Waals surface area contributed by atoms with Gasteiger partial charge in [-0.1, -0.05) is 379 Å². The quantitative estimate of drug-likeness (QED) is 0.0212. The van der Waals surface area contributed by atoms with Crippen molar-refractivity contribution >= 4 is 19.7 Å². The number of allylic oxidation sites excluding steroid dienone is 5. The van der Waals surface area contributed by atoms with Crippen molar-refractivity contribution < 1.29 is 37.3 Å². The third kappa shape index (κ3) is 72.3. The first-order valence-electron chi connectivity index (χ1n) is 40.3. The van der Waals surface area contributed by atoms with E-state index in [1.54, 1.807) is 0 Å². The third-order valence-electron chi connectivity index (χ3n) is 18.6. The second-order valence-corrected chi connectivity index (χ2v) is 30.3. The first kappa shape index (κ1) is 89.2. The van der Waals surface area contributed by atoms with Crippen molar-refractivity contribution in [1.29, 1.82) is 0 Å². The summed E-state index contributed by atoms with van der Waals surface area (Å²) >= 11 is 0. The molecule has 91 heavy (non-hydrogen) atoms. The third-order valence-corrected chi connectivity index (χ3v) is 19.5. The standard InChI is InChI=1S/C81H157N2O7P/c1-7-10-13-16-19-22-25-28-30-32-34-36-38-40-41-43-45-47-49-51-53-56-59-62-65-68-71-74-81(85)90-79(72-69-66-63-60-57-54-27-24-21-18-15-12-9-3)78(77-89-91(86,87)88-76-75-83(4,5)6)82-80(84)73-70-67-64-61-58-55-52-50-48-46-44-42-39-37-35-33-31-29-26-23-20-17-14-11-8-2/h20,23,29,31,69,72,78-79H,7-19,21-22,24-28,30,32-68,70-71,73-77H2,1-6H3,(H-,82,84,86,87)/b23-20-,31-29-,72-69+. The smallest absolute Gasteiger partial charge is 0.306 e. The number of phosphoric acid groups is 1. The number of nitrogens with one attached hydrogen (secondary N) is 1. The van der Waals surface area contributed by atoms with Crippen molar-refractivity contribution in [3.05, 3.63) is 36.5 Å². The van der Waals surface area contributed by atoms with Crippen LogP contribution >= 0.6 is 7.82 Å². The highest BCUT2D eigenvalue weighted by Crippen LogP contribution is 2.38. The minimum Gasteiger partial charge on any atom is -0.756 e. The summed E-state index contributed by atoms with van der Waals surface area (Å²) in [7, 11) is 1.21. The Hall–Kier alpha value is -1.77. The largest absolute Gasteiger partial charge is 0.756 e. The van der Waals surface area contributed by atoms with Gasteiger partial charge in [-0.15, -0.1) is 0 Å². The zero-order valence-corrected chi connectivity index (χ0v) is 62.7. The molecule has 0 aliphatic rings. The molecule has 0 aromatic rings. The molecule has 0 aromatic heterocycles. The summed E-state index contributed by atoms with van der Waals surface area (Å²) < 4.78 is 30.6. The van der Waals surface area contributed by atoms with Crippen LogP contribution in [0.5, 0.6) is 0 Å². The molecule has 0 heterocycles. The molecule has 0 saturated heterocycles. The zero-order valence-electron chi connectivity index (χ0n) is 61.8. The molecule has 3 unspecified atom stereocenters. The van der Waals surface area contributed by atoms with E-state index in [0.29, 0.717) is 17.4 Å². The average Bonchev–Trinajstić information content (AvgIpc) is 3.73. The molecule has 0 spiro atoms. The maximum absolute atomic E-state index is 13.7. The van der Waals surface area contributed by atoms with Crippen LogP contribution in [0.1, 0.15) is 419 Å². The summed E-state index contributed by atoms with van der Waals surface area (Å²) in [5.74, 6) is -0.514. The lowest BCUT2D eigenvalue weighted by atomic mass is 10.0. The number of amides is 1. The van der Waals surface area contributed by atoms with Crippen LogP contribution in [0, 0.1) is 0 Å². The molecule has 0 radical (unpaired) electrons. The normalized spacial score (nSPS) is 13.5. The monoisotopic (exact) mass is 1300 g/mol. The maximum Gasteiger partial charge on any atom is 0.306 e. The summed E-state index contributed by atoms with van der Waals surface area (Å²) in [6.45, 7) is 6.91. The Morgan fingerprint density at radius 1 is 0.385 bits per heavy atom. The molecule has 0 rings (SSSR count). The number of phosphoric ester groups is 1. The van der Waals surface area contributed by atoms with Crippen LogP contribution in [0.4, 0.5) is 0 Å². The van der Waals surface area contributed by atoms with Crippen molar-refractivity contribution in [3.8, 4) is 0 Å². The number of hydrogen-bond acceptors (Lipinski definition) is 7. The molecule has 1 amide bonds. The van der Waals surface area contributed by atoms with E-state index < -0.39 is 20.0 Å². The summed E-state index contributed by atoms with van der Waals surface area (Å²) in [5, 5.41) is 3.06. The van der Waals surface area contributed by atoms with E-state index in [9.17, 15) is 19.0 Å². The first-order valence-corrected chi connectivity index (χ1v) is 41.8. The van der Waals surface area contributed by atoms with Gasteiger partial charge in [-0.05, 0) is 63.9 Å². The Kier molecular flexibility index (Phi) is 69.6. The van der Waals surface area contributed by atoms with Crippen LogP contribution in [-0.2, 0) is 27.9 Å². The molecule has 3 atom stereocenters. The summed E-state index contributed by atoms with van der Waals surface area (Å²) in [4.78, 5) is 40.4. The number of nitrogens with zero attached hydrogens (tertiary/aromatic N) is 1. The fourth-order valence-electron chi connectivity index (χ4n) is 12.4. The minimum atomic E-state index is -4.71. The number of carbonyl (C=O) groups excluding carboxylic acids is 2. The first-order chi connectivity index (χ1) is 44.4. The van der Waals surface area contributed by atoms with E-state index in [4.69, 9.17) is 13.8 Å². The number of unbranched alkanes of at least 4 members (excludes halogenated alkanes) is 55. The number of quaternary nitrogens is 1. The van der Waals surface area contributed by atoms with Crippen molar-refractivity contribution in [2.24, 2.45) is 0 Å². The Labute approximate surface area is 567 Å². The number of ether oxygens (including phenoxy) is 1. The molecule has 0 aliphatic carbocycles. The number of rotatable bonds is 75. The van der Waals surface area contributed by atoms with Gasteiger partial charge in [-0.3, -0.25) is 14.2 Å². The average molecular weight is 1300 g/mol. The predicted octanol–water partition coefficient (Wildman–Crippen LogP) is 25.5. The van der Waals surface area contributed by atoms with Gasteiger partial charge in [0, 0.05) is 12.8 Å². The second kappa shape index (κ2) is 71.0.